The molecule has 0 radical (unpaired) electrons. The van der Waals surface area contributed by atoms with Gasteiger partial charge >= 0.3 is 5.97 Å². The van der Waals surface area contributed by atoms with E-state index in [2.05, 4.69) is 15.6 Å². The van der Waals surface area contributed by atoms with Crippen molar-refractivity contribution in [3.63, 3.8) is 0 Å². The number of benzene rings is 3. The highest BCUT2D eigenvalue weighted by Crippen LogP contribution is 2.30. The summed E-state index contributed by atoms with van der Waals surface area (Å²) in [5.41, 5.74) is 2.86. The fraction of sp³-hybridized carbons (Fsp3) is 0.207. The van der Waals surface area contributed by atoms with Crippen molar-refractivity contribution in [2.45, 2.75) is 25.0 Å². The molecule has 2 atom stereocenters. The number of nitrogens with one attached hydrogen (secondary N) is 2. The molecule has 0 aliphatic rings. The van der Waals surface area contributed by atoms with E-state index in [1.807, 2.05) is 17.0 Å². The lowest BCUT2D eigenvalue weighted by atomic mass is 9.97. The summed E-state index contributed by atoms with van der Waals surface area (Å²) in [4.78, 5) is 29.1. The van der Waals surface area contributed by atoms with Crippen molar-refractivity contribution in [2.75, 3.05) is 17.3 Å². The first-order valence-corrected chi connectivity index (χ1v) is 13.6. The Kier molecular flexibility index (Phi) is 9.32. The molecule has 10 heteroatoms. The average Bonchev–Trinajstić information content (AvgIpc) is 3.44. The highest BCUT2D eigenvalue weighted by atomic mass is 32.2. The summed E-state index contributed by atoms with van der Waals surface area (Å²) in [6.07, 6.45) is 7.33. The number of amides is 1. The quantitative estimate of drug-likeness (QED) is 0.212. The smallest absolute Gasteiger partial charge is 0.326 e. The predicted molar refractivity (Wildman–Crippen MR) is 149 cm³/mol. The molecule has 0 saturated carbocycles. The molecule has 0 spiro atoms. The number of anilines is 1. The number of carboxylic acids is 1. The number of nitrogens with zero attached hydrogens (tertiary/aromatic N) is 2. The number of carboxylic acid groups (broad SMARTS) is 1. The molecular weight excluding hydrogens is 522 g/mol. The molecule has 0 fully saturated rings. The van der Waals surface area contributed by atoms with E-state index in [-0.39, 0.29) is 23.8 Å². The van der Waals surface area contributed by atoms with Gasteiger partial charge in [0.25, 0.3) is 5.91 Å². The third kappa shape index (κ3) is 7.44. The first kappa shape index (κ1) is 27.8. The van der Waals surface area contributed by atoms with Gasteiger partial charge in [-0.3, -0.25) is 4.79 Å². The molecule has 1 amide bonds. The van der Waals surface area contributed by atoms with Gasteiger partial charge in [0.15, 0.2) is 0 Å². The van der Waals surface area contributed by atoms with Gasteiger partial charge in [-0.15, -0.1) is 0 Å². The summed E-state index contributed by atoms with van der Waals surface area (Å²) in [7, 11) is 0. The van der Waals surface area contributed by atoms with Crippen molar-refractivity contribution < 1.29 is 23.5 Å². The second-order valence-electron chi connectivity index (χ2n) is 8.92. The molecule has 0 saturated heterocycles. The number of rotatable bonds is 12. The van der Waals surface area contributed by atoms with Crippen LogP contribution in [0.3, 0.4) is 0 Å². The molecule has 4 rings (SSSR count). The molecule has 202 valence electrons. The van der Waals surface area contributed by atoms with Crippen molar-refractivity contribution in [3.05, 3.63) is 108 Å². The van der Waals surface area contributed by atoms with Crippen LogP contribution in [0.25, 0.3) is 11.1 Å². The van der Waals surface area contributed by atoms with Crippen molar-refractivity contribution in [3.8, 4) is 11.1 Å². The van der Waals surface area contributed by atoms with E-state index in [1.165, 1.54) is 36.0 Å². The minimum absolute atomic E-state index is 0.260. The van der Waals surface area contributed by atoms with Gasteiger partial charge in [-0.1, -0.05) is 24.3 Å². The fourth-order valence-electron chi connectivity index (χ4n) is 4.17. The van der Waals surface area contributed by atoms with Gasteiger partial charge in [0.1, 0.15) is 17.7 Å². The number of carbonyl (C=O) groups is 2. The number of aliphatic carboxylic acids is 1. The highest BCUT2D eigenvalue weighted by molar-refractivity contribution is 7.98. The molecule has 3 aromatic carbocycles. The van der Waals surface area contributed by atoms with Gasteiger partial charge in [0, 0.05) is 30.2 Å². The maximum atomic E-state index is 13.7. The molecule has 1 aromatic heterocycles. The molecule has 3 N–H and O–H groups in total. The van der Waals surface area contributed by atoms with E-state index in [9.17, 15) is 23.5 Å². The van der Waals surface area contributed by atoms with Gasteiger partial charge < -0.3 is 20.3 Å². The maximum absolute atomic E-state index is 13.7. The molecule has 4 aromatic rings. The van der Waals surface area contributed by atoms with Crippen LogP contribution < -0.4 is 10.6 Å². The van der Waals surface area contributed by atoms with Crippen molar-refractivity contribution in [2.24, 2.45) is 0 Å². The largest absolute Gasteiger partial charge is 0.480 e. The molecule has 39 heavy (non-hydrogen) atoms. The van der Waals surface area contributed by atoms with E-state index in [1.54, 1.807) is 55.0 Å². The normalized spacial score (nSPS) is 12.5. The number of imidazole rings is 1. The Bertz CT molecular complexity index is 1400. The van der Waals surface area contributed by atoms with Gasteiger partial charge in [-0.25, -0.2) is 18.6 Å². The van der Waals surface area contributed by atoms with Crippen LogP contribution >= 0.6 is 11.8 Å². The summed E-state index contributed by atoms with van der Waals surface area (Å²) in [6, 6.07) is 15.7. The van der Waals surface area contributed by atoms with Crippen LogP contribution in [0.5, 0.6) is 0 Å². The third-order valence-electron chi connectivity index (χ3n) is 6.20. The second-order valence-corrected chi connectivity index (χ2v) is 9.91. The lowest BCUT2D eigenvalue weighted by Gasteiger charge is -2.22. The average molecular weight is 551 g/mol. The standard InChI is InChI=1S/C29H28F2N4O3S/c1-39-15-12-26(29(37)38)34-28(36)24-11-10-23(16-25(24)19-2-6-21(30)7-3-19)33-27(17-35-14-13-32-18-35)20-4-8-22(31)9-5-20/h2-11,13-14,16,18,26-27,33H,12,15,17H2,1H3,(H,34,36)(H,37,38)/t26-,27?/m0/s1. The fourth-order valence-corrected chi connectivity index (χ4v) is 4.64. The van der Waals surface area contributed by atoms with E-state index < -0.39 is 23.7 Å². The Labute approximate surface area is 229 Å². The van der Waals surface area contributed by atoms with Crippen LogP contribution in [0.1, 0.15) is 28.4 Å². The third-order valence-corrected chi connectivity index (χ3v) is 6.84. The highest BCUT2D eigenvalue weighted by Gasteiger charge is 2.23. The lowest BCUT2D eigenvalue weighted by Crippen LogP contribution is -2.41. The lowest BCUT2D eigenvalue weighted by molar-refractivity contribution is -0.139. The number of aromatic nitrogens is 2. The van der Waals surface area contributed by atoms with Crippen LogP contribution in [0, 0.1) is 11.6 Å². The first-order chi connectivity index (χ1) is 18.8. The number of halogens is 2. The van der Waals surface area contributed by atoms with Crippen molar-refractivity contribution in [1.29, 1.82) is 0 Å². The van der Waals surface area contributed by atoms with Crippen molar-refractivity contribution in [1.82, 2.24) is 14.9 Å². The maximum Gasteiger partial charge on any atom is 0.326 e. The first-order valence-electron chi connectivity index (χ1n) is 12.2. The molecule has 1 unspecified atom stereocenters. The van der Waals surface area contributed by atoms with Crippen molar-refractivity contribution >= 4 is 29.3 Å². The van der Waals surface area contributed by atoms with Crippen LogP contribution in [-0.2, 0) is 11.3 Å². The number of hydrogen-bond acceptors (Lipinski definition) is 5. The summed E-state index contributed by atoms with van der Waals surface area (Å²) in [5, 5.41) is 15.7. The Morgan fingerprint density at radius 1 is 1.03 bits per heavy atom. The predicted octanol–water partition coefficient (Wildman–Crippen LogP) is 5.62. The molecule has 0 aliphatic heterocycles. The zero-order valence-corrected chi connectivity index (χ0v) is 22.0. The number of carbonyl (C=O) groups excluding carboxylic acids is 1. The zero-order valence-electron chi connectivity index (χ0n) is 21.2. The Balaban J connectivity index is 1.68. The van der Waals surface area contributed by atoms with Gasteiger partial charge in [0.05, 0.1) is 12.4 Å². The monoisotopic (exact) mass is 550 g/mol. The topological polar surface area (TPSA) is 96.3 Å². The minimum atomic E-state index is -1.11. The van der Waals surface area contributed by atoms with Crippen LogP contribution in [0.15, 0.2) is 85.5 Å². The summed E-state index contributed by atoms with van der Waals surface area (Å²) >= 11 is 1.49. The molecule has 0 aliphatic carbocycles. The zero-order chi connectivity index (χ0) is 27.8. The molecule has 0 bridgehead atoms. The second kappa shape index (κ2) is 13.1. The Morgan fingerprint density at radius 3 is 2.33 bits per heavy atom. The van der Waals surface area contributed by atoms with Gasteiger partial charge in [0.2, 0.25) is 0 Å². The van der Waals surface area contributed by atoms with Crippen LogP contribution in [-0.4, -0.2) is 44.6 Å². The molecule has 7 nitrogen and oxygen atoms in total. The van der Waals surface area contributed by atoms with E-state index in [0.29, 0.717) is 29.1 Å². The summed E-state index contributed by atoms with van der Waals surface area (Å²) < 4.78 is 29.2. The summed E-state index contributed by atoms with van der Waals surface area (Å²) in [6.45, 7) is 0.496. The Hall–Kier alpha value is -4.18. The van der Waals surface area contributed by atoms with Gasteiger partial charge in [-0.2, -0.15) is 11.8 Å². The SMILES string of the molecule is CSCC[C@H](NC(=O)c1ccc(NC(Cn2ccnc2)c2ccc(F)cc2)cc1-c1ccc(F)cc1)C(=O)O. The Morgan fingerprint density at radius 2 is 1.72 bits per heavy atom. The van der Waals surface area contributed by atoms with Gasteiger partial charge in [-0.05, 0) is 77.6 Å². The minimum Gasteiger partial charge on any atom is -0.480 e. The molecular formula is C29H28F2N4O3S. The van der Waals surface area contributed by atoms with E-state index in [4.69, 9.17) is 0 Å². The molecule has 1 heterocycles. The van der Waals surface area contributed by atoms with Crippen LogP contribution in [0.4, 0.5) is 14.5 Å². The number of hydrogen-bond donors (Lipinski definition) is 3. The number of thioether (sulfide) groups is 1. The van der Waals surface area contributed by atoms with Crippen LogP contribution in [0.2, 0.25) is 0 Å². The van der Waals surface area contributed by atoms with E-state index >= 15 is 0 Å². The summed E-state index contributed by atoms with van der Waals surface area (Å²) in [5.74, 6) is -1.83. The van der Waals surface area contributed by atoms with E-state index in [0.717, 1.165) is 5.56 Å².